The number of nitrogens with two attached hydrogens (primary N) is 1. The van der Waals surface area contributed by atoms with E-state index < -0.39 is 0 Å². The van der Waals surface area contributed by atoms with E-state index in [-0.39, 0.29) is 11.9 Å². The van der Waals surface area contributed by atoms with Crippen LogP contribution in [0.15, 0.2) is 30.3 Å². The molecule has 0 radical (unpaired) electrons. The molecule has 0 bridgehead atoms. The second-order valence-electron chi connectivity index (χ2n) is 4.02. The summed E-state index contributed by atoms with van der Waals surface area (Å²) in [5, 5.41) is 0. The summed E-state index contributed by atoms with van der Waals surface area (Å²) < 4.78 is 13.7. The summed E-state index contributed by atoms with van der Waals surface area (Å²) in [6, 6.07) is 8.49. The van der Waals surface area contributed by atoms with Gasteiger partial charge in [-0.05, 0) is 48.7 Å². The Morgan fingerprint density at radius 1 is 1.35 bits per heavy atom. The Kier molecular flexibility index (Phi) is 3.82. The van der Waals surface area contributed by atoms with Crippen molar-refractivity contribution < 1.29 is 4.39 Å². The van der Waals surface area contributed by atoms with Crippen molar-refractivity contribution >= 4 is 22.9 Å². The van der Waals surface area contributed by atoms with E-state index >= 15 is 0 Å². The molecule has 1 aromatic carbocycles. The number of thiophene rings is 1. The summed E-state index contributed by atoms with van der Waals surface area (Å²) in [6.07, 6.45) is 0.697. The van der Waals surface area contributed by atoms with Gasteiger partial charge in [0.25, 0.3) is 0 Å². The minimum absolute atomic E-state index is 0.0864. The van der Waals surface area contributed by atoms with Crippen LogP contribution in [0.1, 0.15) is 22.0 Å². The molecule has 0 spiro atoms. The fourth-order valence-electron chi connectivity index (χ4n) is 1.75. The zero-order valence-corrected chi connectivity index (χ0v) is 11.0. The quantitative estimate of drug-likeness (QED) is 0.892. The number of aryl methyl sites for hydroxylation is 1. The standard InChI is InChI=1S/C13H13ClFNS/c1-8-6-10(15)3-2-9(8)7-11(16)12-4-5-13(14)17-12/h2-6,11H,7,16H2,1H3. The third kappa shape index (κ3) is 3.06. The molecule has 0 fully saturated rings. The number of hydrogen-bond acceptors (Lipinski definition) is 2. The van der Waals surface area contributed by atoms with Crippen LogP contribution in [0.5, 0.6) is 0 Å². The van der Waals surface area contributed by atoms with Crippen molar-refractivity contribution in [3.8, 4) is 0 Å². The lowest BCUT2D eigenvalue weighted by Gasteiger charge is -2.11. The topological polar surface area (TPSA) is 26.0 Å². The second-order valence-corrected chi connectivity index (χ2v) is 5.77. The molecule has 1 unspecified atom stereocenters. The Bertz CT molecular complexity index is 524. The molecule has 2 aromatic rings. The molecule has 0 aliphatic rings. The van der Waals surface area contributed by atoms with Gasteiger partial charge in [-0.2, -0.15) is 0 Å². The summed E-state index contributed by atoms with van der Waals surface area (Å²) >= 11 is 7.36. The van der Waals surface area contributed by atoms with Gasteiger partial charge in [-0.1, -0.05) is 17.7 Å². The predicted octanol–water partition coefficient (Wildman–Crippen LogP) is 4.09. The molecule has 0 saturated carbocycles. The van der Waals surface area contributed by atoms with Gasteiger partial charge in [0.15, 0.2) is 0 Å². The van der Waals surface area contributed by atoms with Crippen molar-refractivity contribution in [3.63, 3.8) is 0 Å². The van der Waals surface area contributed by atoms with Crippen molar-refractivity contribution in [2.45, 2.75) is 19.4 Å². The molecule has 0 aliphatic carbocycles. The highest BCUT2D eigenvalue weighted by Crippen LogP contribution is 2.28. The largest absolute Gasteiger partial charge is 0.323 e. The van der Waals surface area contributed by atoms with Crippen LogP contribution in [0.4, 0.5) is 4.39 Å². The molecule has 17 heavy (non-hydrogen) atoms. The number of halogens is 2. The monoisotopic (exact) mass is 269 g/mol. The Morgan fingerprint density at radius 3 is 2.71 bits per heavy atom. The van der Waals surface area contributed by atoms with E-state index in [1.54, 1.807) is 6.07 Å². The number of rotatable bonds is 3. The van der Waals surface area contributed by atoms with Crippen molar-refractivity contribution in [2.75, 3.05) is 0 Å². The van der Waals surface area contributed by atoms with Crippen LogP contribution >= 0.6 is 22.9 Å². The van der Waals surface area contributed by atoms with Crippen LogP contribution < -0.4 is 5.73 Å². The van der Waals surface area contributed by atoms with Crippen LogP contribution in [0.25, 0.3) is 0 Å². The highest BCUT2D eigenvalue weighted by Gasteiger charge is 2.11. The lowest BCUT2D eigenvalue weighted by Crippen LogP contribution is -2.12. The van der Waals surface area contributed by atoms with E-state index in [9.17, 15) is 4.39 Å². The third-order valence-corrected chi connectivity index (χ3v) is 4.07. The van der Waals surface area contributed by atoms with Crippen LogP contribution in [0.2, 0.25) is 4.34 Å². The number of benzene rings is 1. The number of hydrogen-bond donors (Lipinski definition) is 1. The molecule has 1 atom stereocenters. The van der Waals surface area contributed by atoms with E-state index in [1.165, 1.54) is 23.5 Å². The molecule has 0 amide bonds. The highest BCUT2D eigenvalue weighted by molar-refractivity contribution is 7.16. The molecule has 0 saturated heterocycles. The zero-order chi connectivity index (χ0) is 12.4. The maximum absolute atomic E-state index is 13.0. The van der Waals surface area contributed by atoms with Gasteiger partial charge in [0.1, 0.15) is 5.82 Å². The van der Waals surface area contributed by atoms with Gasteiger partial charge in [0, 0.05) is 10.9 Å². The lowest BCUT2D eigenvalue weighted by molar-refractivity contribution is 0.624. The molecule has 2 N–H and O–H groups in total. The summed E-state index contributed by atoms with van der Waals surface area (Å²) in [7, 11) is 0. The second kappa shape index (κ2) is 5.17. The maximum atomic E-state index is 13.0. The molecule has 4 heteroatoms. The lowest BCUT2D eigenvalue weighted by atomic mass is 10.0. The van der Waals surface area contributed by atoms with E-state index in [4.69, 9.17) is 17.3 Å². The van der Waals surface area contributed by atoms with Gasteiger partial charge < -0.3 is 5.73 Å². The molecule has 1 heterocycles. The summed E-state index contributed by atoms with van der Waals surface area (Å²) in [6.45, 7) is 1.90. The fraction of sp³-hybridized carbons (Fsp3) is 0.231. The molecule has 1 nitrogen and oxygen atoms in total. The fourth-order valence-corrected chi connectivity index (χ4v) is 2.82. The predicted molar refractivity (Wildman–Crippen MR) is 71.1 cm³/mol. The van der Waals surface area contributed by atoms with Crippen molar-refractivity contribution in [1.82, 2.24) is 0 Å². The Hall–Kier alpha value is -0.900. The smallest absolute Gasteiger partial charge is 0.123 e. The van der Waals surface area contributed by atoms with E-state index in [2.05, 4.69) is 0 Å². The molecule has 1 aromatic heterocycles. The van der Waals surface area contributed by atoms with Crippen LogP contribution in [0.3, 0.4) is 0 Å². The summed E-state index contributed by atoms with van der Waals surface area (Å²) in [5.74, 6) is -0.209. The Labute approximate surface area is 109 Å². The first-order valence-corrected chi connectivity index (χ1v) is 6.51. The first kappa shape index (κ1) is 12.6. The normalized spacial score (nSPS) is 12.7. The first-order chi connectivity index (χ1) is 8.06. The summed E-state index contributed by atoms with van der Waals surface area (Å²) in [5.41, 5.74) is 8.11. The average molecular weight is 270 g/mol. The molecule has 0 aliphatic heterocycles. The van der Waals surface area contributed by atoms with Gasteiger partial charge in [-0.15, -0.1) is 11.3 Å². The summed E-state index contributed by atoms with van der Waals surface area (Å²) in [4.78, 5) is 1.05. The Morgan fingerprint density at radius 2 is 2.12 bits per heavy atom. The minimum Gasteiger partial charge on any atom is -0.323 e. The van der Waals surface area contributed by atoms with E-state index in [1.807, 2.05) is 19.1 Å². The van der Waals surface area contributed by atoms with Crippen molar-refractivity contribution in [3.05, 3.63) is 56.5 Å². The SMILES string of the molecule is Cc1cc(F)ccc1CC(N)c1ccc(Cl)s1. The maximum Gasteiger partial charge on any atom is 0.123 e. The van der Waals surface area contributed by atoms with E-state index in [0.29, 0.717) is 6.42 Å². The Balaban J connectivity index is 2.15. The first-order valence-electron chi connectivity index (χ1n) is 5.32. The third-order valence-electron chi connectivity index (χ3n) is 2.70. The zero-order valence-electron chi connectivity index (χ0n) is 9.41. The van der Waals surface area contributed by atoms with E-state index in [0.717, 1.165) is 20.3 Å². The minimum atomic E-state index is -0.209. The van der Waals surface area contributed by atoms with Crippen molar-refractivity contribution in [1.29, 1.82) is 0 Å². The van der Waals surface area contributed by atoms with Crippen LogP contribution in [-0.2, 0) is 6.42 Å². The van der Waals surface area contributed by atoms with Crippen molar-refractivity contribution in [2.24, 2.45) is 5.73 Å². The van der Waals surface area contributed by atoms with Gasteiger partial charge >= 0.3 is 0 Å². The highest BCUT2D eigenvalue weighted by atomic mass is 35.5. The molecular weight excluding hydrogens is 257 g/mol. The van der Waals surface area contributed by atoms with Gasteiger partial charge in [-0.25, -0.2) is 4.39 Å². The molecule has 2 rings (SSSR count). The van der Waals surface area contributed by atoms with Gasteiger partial charge in [0.05, 0.1) is 4.34 Å². The van der Waals surface area contributed by atoms with Crippen LogP contribution in [0, 0.1) is 12.7 Å². The molecule has 90 valence electrons. The average Bonchev–Trinajstić information content (AvgIpc) is 2.69. The van der Waals surface area contributed by atoms with Crippen LogP contribution in [-0.4, -0.2) is 0 Å². The molecular formula is C13H13ClFNS. The van der Waals surface area contributed by atoms with Gasteiger partial charge in [-0.3, -0.25) is 0 Å². The van der Waals surface area contributed by atoms with Gasteiger partial charge in [0.2, 0.25) is 0 Å².